The monoisotopic (exact) mass is 392 g/mol. The molecule has 4 rings (SSSR count). The van der Waals surface area contributed by atoms with Crippen LogP contribution < -0.4 is 11.0 Å². The lowest BCUT2D eigenvalue weighted by Crippen LogP contribution is -2.15. The molecule has 2 heterocycles. The van der Waals surface area contributed by atoms with Crippen LogP contribution in [0.3, 0.4) is 0 Å². The highest BCUT2D eigenvalue weighted by molar-refractivity contribution is 5.71. The predicted molar refractivity (Wildman–Crippen MR) is 113 cm³/mol. The summed E-state index contributed by atoms with van der Waals surface area (Å²) >= 11 is 0. The quantitative estimate of drug-likeness (QED) is 0.366. The fraction of sp³-hybridized carbons (Fsp3) is 0.333. The number of H-pyrrole nitrogens is 1. The first-order valence-electron chi connectivity index (χ1n) is 9.57. The maximum atomic E-state index is 12.3. The lowest BCUT2D eigenvalue weighted by molar-refractivity contribution is 0.0872. The Bertz CT molecular complexity index is 1090. The molecule has 0 radical (unpaired) electrons. The van der Waals surface area contributed by atoms with Crippen molar-refractivity contribution in [3.8, 4) is 0 Å². The molecule has 2 aromatic heterocycles. The molecule has 1 aliphatic rings. The maximum absolute atomic E-state index is 12.3. The highest BCUT2D eigenvalue weighted by Crippen LogP contribution is 2.44. The first kappa shape index (κ1) is 19.1. The molecule has 3 atom stereocenters. The number of anilines is 1. The van der Waals surface area contributed by atoms with Crippen LogP contribution in [0.5, 0.6) is 0 Å². The Morgan fingerprint density at radius 3 is 2.93 bits per heavy atom. The average Bonchev–Trinajstić information content (AvgIpc) is 3.25. The van der Waals surface area contributed by atoms with Crippen molar-refractivity contribution in [1.82, 2.24) is 19.5 Å². The Hall–Kier alpha value is -3.26. The van der Waals surface area contributed by atoms with E-state index < -0.39 is 0 Å². The van der Waals surface area contributed by atoms with Crippen LogP contribution in [0.2, 0.25) is 0 Å². The number of hydrazone groups is 1. The van der Waals surface area contributed by atoms with Gasteiger partial charge in [-0.15, -0.1) is 0 Å². The molecule has 8 nitrogen and oxygen atoms in total. The van der Waals surface area contributed by atoms with Crippen LogP contribution >= 0.6 is 0 Å². The van der Waals surface area contributed by atoms with E-state index in [1.54, 1.807) is 6.33 Å². The van der Waals surface area contributed by atoms with Crippen molar-refractivity contribution in [2.75, 3.05) is 12.0 Å². The number of hydrogen-bond acceptors (Lipinski definition) is 6. The molecule has 1 aromatic carbocycles. The molecule has 0 amide bonds. The molecule has 1 fully saturated rings. The van der Waals surface area contributed by atoms with Crippen molar-refractivity contribution in [3.05, 3.63) is 64.7 Å². The standard InChI is InChI=1S/C21H24N6O2/c1-13-9-17(14(2)16(13)11-29-10-15-7-5-4-6-8-15)27-12-23-18-19(27)24-21(26-22-3)25-20(18)28/h4-8,12-13,16-17H,2-3,9-11H2,1H3,(H2,24,25,26,28)/t13-,16?,17?/m0/s1. The van der Waals surface area contributed by atoms with Crippen molar-refractivity contribution in [2.24, 2.45) is 16.9 Å². The van der Waals surface area contributed by atoms with Gasteiger partial charge in [-0.1, -0.05) is 43.8 Å². The van der Waals surface area contributed by atoms with Crippen LogP contribution in [0.4, 0.5) is 5.95 Å². The largest absolute Gasteiger partial charge is 0.376 e. The summed E-state index contributed by atoms with van der Waals surface area (Å²) in [5.41, 5.74) is 5.29. The molecule has 1 aliphatic carbocycles. The van der Waals surface area contributed by atoms with Gasteiger partial charge in [-0.2, -0.15) is 10.1 Å². The number of fused-ring (bicyclic) bond motifs is 1. The molecule has 8 heteroatoms. The zero-order valence-corrected chi connectivity index (χ0v) is 16.3. The Kier molecular flexibility index (Phi) is 5.26. The first-order chi connectivity index (χ1) is 14.1. The lowest BCUT2D eigenvalue weighted by Gasteiger charge is -2.18. The van der Waals surface area contributed by atoms with Crippen LogP contribution in [0.25, 0.3) is 11.2 Å². The SMILES string of the molecule is C=NNc1nc2c(ncn2C2C[C@H](C)C(COCc3ccccc3)C2=C)c(=O)[nH]1. The van der Waals surface area contributed by atoms with E-state index in [0.717, 1.165) is 17.6 Å². The Labute approximate surface area is 168 Å². The molecule has 3 aromatic rings. The maximum Gasteiger partial charge on any atom is 0.280 e. The number of nitrogens with zero attached hydrogens (tertiary/aromatic N) is 4. The van der Waals surface area contributed by atoms with E-state index >= 15 is 0 Å². The van der Waals surface area contributed by atoms with Crippen molar-refractivity contribution >= 4 is 23.8 Å². The van der Waals surface area contributed by atoms with Gasteiger partial charge < -0.3 is 9.30 Å². The number of hydrogen-bond donors (Lipinski definition) is 2. The summed E-state index contributed by atoms with van der Waals surface area (Å²) in [6.07, 6.45) is 2.55. The predicted octanol–water partition coefficient (Wildman–Crippen LogP) is 3.12. The van der Waals surface area contributed by atoms with Gasteiger partial charge in [0.25, 0.3) is 5.56 Å². The molecule has 2 unspecified atom stereocenters. The van der Waals surface area contributed by atoms with E-state index in [0.29, 0.717) is 30.3 Å². The van der Waals surface area contributed by atoms with Crippen molar-refractivity contribution in [3.63, 3.8) is 0 Å². The molecular formula is C21H24N6O2. The Morgan fingerprint density at radius 1 is 1.38 bits per heavy atom. The molecule has 0 bridgehead atoms. The molecule has 150 valence electrons. The Morgan fingerprint density at radius 2 is 2.17 bits per heavy atom. The lowest BCUT2D eigenvalue weighted by atomic mass is 9.96. The minimum Gasteiger partial charge on any atom is -0.376 e. The van der Waals surface area contributed by atoms with Gasteiger partial charge in [-0.3, -0.25) is 9.78 Å². The Balaban J connectivity index is 1.53. The zero-order chi connectivity index (χ0) is 20.4. The van der Waals surface area contributed by atoms with Gasteiger partial charge in [0, 0.05) is 12.6 Å². The second-order valence-corrected chi connectivity index (χ2v) is 7.42. The molecular weight excluding hydrogens is 368 g/mol. The molecule has 29 heavy (non-hydrogen) atoms. The first-order valence-corrected chi connectivity index (χ1v) is 9.57. The van der Waals surface area contributed by atoms with Crippen LogP contribution in [0.15, 0.2) is 58.7 Å². The molecule has 0 saturated heterocycles. The van der Waals surface area contributed by atoms with E-state index in [2.05, 4.69) is 57.8 Å². The third kappa shape index (κ3) is 3.71. The van der Waals surface area contributed by atoms with Crippen molar-refractivity contribution in [1.29, 1.82) is 0 Å². The van der Waals surface area contributed by atoms with E-state index in [1.807, 2.05) is 22.8 Å². The molecule has 1 saturated carbocycles. The van der Waals surface area contributed by atoms with Gasteiger partial charge in [0.2, 0.25) is 5.95 Å². The van der Waals surface area contributed by atoms with Gasteiger partial charge in [0.15, 0.2) is 11.2 Å². The second kappa shape index (κ2) is 8.00. The summed E-state index contributed by atoms with van der Waals surface area (Å²) in [7, 11) is 0. The molecule has 0 spiro atoms. The van der Waals surface area contributed by atoms with Crippen LogP contribution in [0, 0.1) is 11.8 Å². The minimum atomic E-state index is -0.320. The van der Waals surface area contributed by atoms with Crippen molar-refractivity contribution < 1.29 is 4.74 Å². The van der Waals surface area contributed by atoms with E-state index in [-0.39, 0.29) is 23.5 Å². The third-order valence-electron chi connectivity index (χ3n) is 5.55. The highest BCUT2D eigenvalue weighted by Gasteiger charge is 2.37. The van der Waals surface area contributed by atoms with E-state index in [4.69, 9.17) is 4.74 Å². The summed E-state index contributed by atoms with van der Waals surface area (Å²) < 4.78 is 7.91. The number of aromatic amines is 1. The zero-order valence-electron chi connectivity index (χ0n) is 16.3. The number of nitrogens with one attached hydrogen (secondary N) is 2. The topological polar surface area (TPSA) is 97.2 Å². The van der Waals surface area contributed by atoms with Crippen LogP contribution in [0.1, 0.15) is 24.9 Å². The smallest absolute Gasteiger partial charge is 0.280 e. The van der Waals surface area contributed by atoms with E-state index in [9.17, 15) is 4.79 Å². The van der Waals surface area contributed by atoms with E-state index in [1.165, 1.54) is 0 Å². The summed E-state index contributed by atoms with van der Waals surface area (Å²) in [6, 6.07) is 10.1. The number of benzene rings is 1. The number of rotatable bonds is 7. The van der Waals surface area contributed by atoms with Gasteiger partial charge in [-0.05, 0) is 23.5 Å². The normalized spacial score (nSPS) is 21.6. The minimum absolute atomic E-state index is 0.0131. The summed E-state index contributed by atoms with van der Waals surface area (Å²) in [4.78, 5) is 23.6. The second-order valence-electron chi connectivity index (χ2n) is 7.42. The third-order valence-corrected chi connectivity index (χ3v) is 5.55. The molecule has 0 aliphatic heterocycles. The fourth-order valence-electron chi connectivity index (χ4n) is 4.00. The van der Waals surface area contributed by atoms with Gasteiger partial charge in [0.1, 0.15) is 0 Å². The summed E-state index contributed by atoms with van der Waals surface area (Å²) in [6.45, 7) is 11.1. The highest BCUT2D eigenvalue weighted by atomic mass is 16.5. The van der Waals surface area contributed by atoms with Gasteiger partial charge in [0.05, 0.1) is 25.6 Å². The number of ether oxygens (including phenoxy) is 1. The van der Waals surface area contributed by atoms with Gasteiger partial charge in [-0.25, -0.2) is 10.4 Å². The summed E-state index contributed by atoms with van der Waals surface area (Å²) in [5.74, 6) is 0.865. The van der Waals surface area contributed by atoms with Crippen molar-refractivity contribution in [2.45, 2.75) is 26.0 Å². The fourth-order valence-corrected chi connectivity index (χ4v) is 4.00. The number of imidazole rings is 1. The van der Waals surface area contributed by atoms with Gasteiger partial charge >= 0.3 is 0 Å². The molecule has 2 N–H and O–H groups in total. The van der Waals surface area contributed by atoms with Crippen LogP contribution in [-0.4, -0.2) is 32.8 Å². The number of aromatic nitrogens is 4. The van der Waals surface area contributed by atoms with Crippen LogP contribution in [-0.2, 0) is 11.3 Å². The summed E-state index contributed by atoms with van der Waals surface area (Å²) in [5, 5.41) is 3.57. The average molecular weight is 392 g/mol.